The molecule has 4 atom stereocenters. The van der Waals surface area contributed by atoms with Crippen LogP contribution in [0.15, 0.2) is 12.5 Å². The first-order chi connectivity index (χ1) is 17.1. The van der Waals surface area contributed by atoms with Crippen LogP contribution in [-0.2, 0) is 35.2 Å². The number of carbonyl (C=O) groups excluding carboxylic acids is 4. The molecule has 9 N–H and O–H groups in total. The summed E-state index contributed by atoms with van der Waals surface area (Å²) in [7, 11) is 0. The molecule has 15 nitrogen and oxygen atoms in total. The van der Waals surface area contributed by atoms with Gasteiger partial charge in [0.1, 0.15) is 18.1 Å². The van der Waals surface area contributed by atoms with Gasteiger partial charge in [-0.05, 0) is 32.2 Å². The normalized spacial score (nSPS) is 17.4. The van der Waals surface area contributed by atoms with E-state index in [1.165, 1.54) is 12.5 Å². The number of carboxylic acid groups (broad SMARTS) is 2. The number of nitrogens with zero attached hydrogens (tertiary/aromatic N) is 1. The standard InChI is InChI=1S/C21H31N7O8/c22-16(29)5-3-13(26-18(32)12-2-1-7-24-12)19(33)28-15(8-11-9-23-10-25-11)20(34)27-14(21(35)36)4-6-17(30)31/h9-10,12-15,24H,1-8H2,(H2,22,29)(H,23,25)(H,26,32)(H,27,34)(H,28,33)(H,30,31)(H,35,36). The molecule has 0 spiro atoms. The van der Waals surface area contributed by atoms with E-state index in [1.54, 1.807) is 0 Å². The minimum Gasteiger partial charge on any atom is -0.481 e. The Hall–Kier alpha value is -4.01. The topological polar surface area (TPSA) is 246 Å². The quantitative estimate of drug-likeness (QED) is 0.122. The van der Waals surface area contributed by atoms with Crippen LogP contribution in [0.5, 0.6) is 0 Å². The van der Waals surface area contributed by atoms with E-state index in [0.29, 0.717) is 18.7 Å². The van der Waals surface area contributed by atoms with E-state index < -0.39 is 66.2 Å². The number of nitrogens with one attached hydrogen (secondary N) is 5. The highest BCUT2D eigenvalue weighted by atomic mass is 16.4. The van der Waals surface area contributed by atoms with Crippen LogP contribution in [0.25, 0.3) is 0 Å². The van der Waals surface area contributed by atoms with Gasteiger partial charge in [0.2, 0.25) is 23.6 Å². The van der Waals surface area contributed by atoms with Gasteiger partial charge < -0.3 is 42.2 Å². The number of imidazole rings is 1. The maximum absolute atomic E-state index is 13.1. The molecule has 2 rings (SSSR count). The maximum Gasteiger partial charge on any atom is 0.326 e. The first-order valence-electron chi connectivity index (χ1n) is 11.4. The van der Waals surface area contributed by atoms with Crippen LogP contribution in [0, 0.1) is 0 Å². The van der Waals surface area contributed by atoms with Crippen molar-refractivity contribution in [1.29, 1.82) is 0 Å². The molecule has 0 aromatic carbocycles. The molecule has 0 saturated carbocycles. The minimum absolute atomic E-state index is 0.108. The van der Waals surface area contributed by atoms with Crippen LogP contribution >= 0.6 is 0 Å². The Morgan fingerprint density at radius 1 is 1.00 bits per heavy atom. The van der Waals surface area contributed by atoms with Crippen LogP contribution < -0.4 is 27.0 Å². The van der Waals surface area contributed by atoms with Crippen molar-refractivity contribution in [1.82, 2.24) is 31.2 Å². The number of rotatable bonds is 15. The molecule has 0 aliphatic carbocycles. The third kappa shape index (κ3) is 9.32. The summed E-state index contributed by atoms with van der Waals surface area (Å²) in [5.41, 5.74) is 5.64. The molecule has 4 amide bonds. The number of carboxylic acids is 2. The lowest BCUT2D eigenvalue weighted by atomic mass is 10.1. The first-order valence-corrected chi connectivity index (χ1v) is 11.4. The Bertz CT molecular complexity index is 946. The Kier molecular flexibility index (Phi) is 10.8. The summed E-state index contributed by atoms with van der Waals surface area (Å²) in [4.78, 5) is 78.8. The van der Waals surface area contributed by atoms with Gasteiger partial charge in [0, 0.05) is 31.2 Å². The molecule has 0 bridgehead atoms. The molecule has 1 aliphatic heterocycles. The number of carbonyl (C=O) groups is 6. The van der Waals surface area contributed by atoms with E-state index in [0.717, 1.165) is 6.42 Å². The highest BCUT2D eigenvalue weighted by molar-refractivity contribution is 5.94. The lowest BCUT2D eigenvalue weighted by molar-refractivity contribution is -0.143. The summed E-state index contributed by atoms with van der Waals surface area (Å²) < 4.78 is 0. The van der Waals surface area contributed by atoms with Gasteiger partial charge in [0.15, 0.2) is 0 Å². The van der Waals surface area contributed by atoms with Crippen LogP contribution in [0.2, 0.25) is 0 Å². The fourth-order valence-electron chi connectivity index (χ4n) is 3.63. The predicted octanol–water partition coefficient (Wildman–Crippen LogP) is -2.63. The molecule has 0 radical (unpaired) electrons. The molecule has 36 heavy (non-hydrogen) atoms. The van der Waals surface area contributed by atoms with Gasteiger partial charge >= 0.3 is 11.9 Å². The average molecular weight is 510 g/mol. The predicted molar refractivity (Wildman–Crippen MR) is 122 cm³/mol. The van der Waals surface area contributed by atoms with Crippen molar-refractivity contribution >= 4 is 35.6 Å². The number of H-pyrrole nitrogens is 1. The summed E-state index contributed by atoms with van der Waals surface area (Å²) in [5.74, 6) is -5.45. The van der Waals surface area contributed by atoms with Crippen LogP contribution in [-0.4, -0.2) is 86.5 Å². The second kappa shape index (κ2) is 13.8. The summed E-state index contributed by atoms with van der Waals surface area (Å²) in [6.07, 6.45) is 2.83. The molecule has 1 aromatic heterocycles. The molecule has 1 saturated heterocycles. The van der Waals surface area contributed by atoms with E-state index >= 15 is 0 Å². The third-order valence-corrected chi connectivity index (χ3v) is 5.56. The average Bonchev–Trinajstić information content (AvgIpc) is 3.52. The molecule has 4 unspecified atom stereocenters. The molecule has 1 fully saturated rings. The van der Waals surface area contributed by atoms with E-state index in [2.05, 4.69) is 31.2 Å². The van der Waals surface area contributed by atoms with E-state index in [1.807, 2.05) is 0 Å². The third-order valence-electron chi connectivity index (χ3n) is 5.56. The monoisotopic (exact) mass is 509 g/mol. The van der Waals surface area contributed by atoms with Crippen molar-refractivity contribution in [3.63, 3.8) is 0 Å². The number of aromatic nitrogens is 2. The van der Waals surface area contributed by atoms with Crippen molar-refractivity contribution in [3.8, 4) is 0 Å². The van der Waals surface area contributed by atoms with Crippen molar-refractivity contribution in [3.05, 3.63) is 18.2 Å². The number of primary amides is 1. The van der Waals surface area contributed by atoms with Crippen LogP contribution in [0.4, 0.5) is 0 Å². The molecule has 15 heteroatoms. The number of aliphatic carboxylic acids is 2. The lowest BCUT2D eigenvalue weighted by Crippen LogP contribution is -2.57. The van der Waals surface area contributed by atoms with Crippen LogP contribution in [0.1, 0.15) is 44.2 Å². The molecule has 1 aliphatic rings. The Balaban J connectivity index is 2.16. The smallest absolute Gasteiger partial charge is 0.326 e. The minimum atomic E-state index is -1.51. The van der Waals surface area contributed by atoms with Crippen LogP contribution in [0.3, 0.4) is 0 Å². The largest absolute Gasteiger partial charge is 0.481 e. The fraction of sp³-hybridized carbons (Fsp3) is 0.571. The van der Waals surface area contributed by atoms with Gasteiger partial charge in [-0.15, -0.1) is 0 Å². The number of hydrogen-bond donors (Lipinski definition) is 8. The van der Waals surface area contributed by atoms with Gasteiger partial charge in [-0.25, -0.2) is 9.78 Å². The SMILES string of the molecule is NC(=O)CCC(NC(=O)C1CCCN1)C(=O)NC(Cc1cnc[nH]1)C(=O)NC(CCC(=O)O)C(=O)O. The Morgan fingerprint density at radius 2 is 1.67 bits per heavy atom. The summed E-state index contributed by atoms with van der Waals surface area (Å²) in [5, 5.41) is 28.5. The summed E-state index contributed by atoms with van der Waals surface area (Å²) >= 11 is 0. The zero-order valence-corrected chi connectivity index (χ0v) is 19.5. The second-order valence-electron chi connectivity index (χ2n) is 8.39. The lowest BCUT2D eigenvalue weighted by Gasteiger charge is -2.25. The molecule has 2 heterocycles. The highest BCUT2D eigenvalue weighted by Gasteiger charge is 2.32. The molecule has 198 valence electrons. The highest BCUT2D eigenvalue weighted by Crippen LogP contribution is 2.08. The Morgan fingerprint density at radius 3 is 2.22 bits per heavy atom. The fourth-order valence-corrected chi connectivity index (χ4v) is 3.63. The van der Waals surface area contributed by atoms with Gasteiger partial charge in [-0.3, -0.25) is 24.0 Å². The number of aromatic amines is 1. The van der Waals surface area contributed by atoms with Crippen molar-refractivity contribution < 1.29 is 39.0 Å². The van der Waals surface area contributed by atoms with E-state index in [4.69, 9.17) is 10.8 Å². The van der Waals surface area contributed by atoms with Crippen molar-refractivity contribution in [2.45, 2.75) is 69.1 Å². The van der Waals surface area contributed by atoms with Crippen molar-refractivity contribution in [2.75, 3.05) is 6.54 Å². The van der Waals surface area contributed by atoms with Gasteiger partial charge in [0.05, 0.1) is 12.4 Å². The summed E-state index contributed by atoms with van der Waals surface area (Å²) in [6.45, 7) is 0.648. The van der Waals surface area contributed by atoms with Crippen molar-refractivity contribution in [2.24, 2.45) is 5.73 Å². The first kappa shape index (κ1) is 28.2. The summed E-state index contributed by atoms with van der Waals surface area (Å²) in [6, 6.07) is -4.49. The number of amides is 4. The molecular formula is C21H31N7O8. The number of nitrogens with two attached hydrogens (primary N) is 1. The molecule has 1 aromatic rings. The van der Waals surface area contributed by atoms with Gasteiger partial charge in [-0.1, -0.05) is 0 Å². The molecular weight excluding hydrogens is 478 g/mol. The zero-order valence-electron chi connectivity index (χ0n) is 19.5. The Labute approximate surface area is 206 Å². The maximum atomic E-state index is 13.1. The van der Waals surface area contributed by atoms with Gasteiger partial charge in [0.25, 0.3) is 0 Å². The second-order valence-corrected chi connectivity index (χ2v) is 8.39. The van der Waals surface area contributed by atoms with E-state index in [9.17, 15) is 33.9 Å². The van der Waals surface area contributed by atoms with Gasteiger partial charge in [-0.2, -0.15) is 0 Å². The number of hydrogen-bond acceptors (Lipinski definition) is 8. The zero-order chi connectivity index (χ0) is 26.7. The van der Waals surface area contributed by atoms with E-state index in [-0.39, 0.29) is 25.7 Å².